The monoisotopic (exact) mass is 278 g/mol. The van der Waals surface area contributed by atoms with Crippen molar-refractivity contribution in [1.29, 1.82) is 0 Å². The van der Waals surface area contributed by atoms with Gasteiger partial charge in [-0.25, -0.2) is 4.79 Å². The SMILES string of the molecule is O=C(N[C@@]1(C(=O)O)CN[C@@H](C(=O)O)C1)c1ccccc1. The lowest BCUT2D eigenvalue weighted by atomic mass is 9.95. The summed E-state index contributed by atoms with van der Waals surface area (Å²) < 4.78 is 0. The van der Waals surface area contributed by atoms with Crippen LogP contribution in [0.1, 0.15) is 16.8 Å². The fourth-order valence-corrected chi connectivity index (χ4v) is 2.16. The van der Waals surface area contributed by atoms with Gasteiger partial charge in [-0.2, -0.15) is 0 Å². The van der Waals surface area contributed by atoms with Crippen LogP contribution in [-0.4, -0.2) is 46.2 Å². The van der Waals surface area contributed by atoms with Crippen LogP contribution in [0.4, 0.5) is 0 Å². The maximum Gasteiger partial charge on any atom is 0.330 e. The molecular formula is C13H14N2O5. The van der Waals surface area contributed by atoms with Gasteiger partial charge in [-0.05, 0) is 12.1 Å². The fraction of sp³-hybridized carbons (Fsp3) is 0.308. The van der Waals surface area contributed by atoms with Gasteiger partial charge in [0.15, 0.2) is 5.54 Å². The zero-order chi connectivity index (χ0) is 14.8. The molecule has 1 amide bonds. The minimum Gasteiger partial charge on any atom is -0.480 e. The quantitative estimate of drug-likeness (QED) is 0.600. The van der Waals surface area contributed by atoms with Gasteiger partial charge in [0, 0.05) is 18.5 Å². The molecule has 106 valence electrons. The molecule has 1 aromatic rings. The Balaban J connectivity index is 2.17. The lowest BCUT2D eigenvalue weighted by Crippen LogP contribution is -2.56. The second-order valence-corrected chi connectivity index (χ2v) is 4.68. The smallest absolute Gasteiger partial charge is 0.330 e. The number of carboxylic acids is 2. The Bertz CT molecular complexity index is 545. The Morgan fingerprint density at radius 1 is 1.20 bits per heavy atom. The number of carboxylic acid groups (broad SMARTS) is 2. The average molecular weight is 278 g/mol. The van der Waals surface area contributed by atoms with Crippen molar-refractivity contribution in [3.63, 3.8) is 0 Å². The molecule has 1 aromatic carbocycles. The van der Waals surface area contributed by atoms with E-state index >= 15 is 0 Å². The van der Waals surface area contributed by atoms with Gasteiger partial charge in [-0.1, -0.05) is 18.2 Å². The normalized spacial score (nSPS) is 25.1. The second kappa shape index (κ2) is 5.30. The van der Waals surface area contributed by atoms with Crippen LogP contribution in [0.25, 0.3) is 0 Å². The molecule has 7 heteroatoms. The molecule has 0 saturated carbocycles. The Hall–Kier alpha value is -2.41. The van der Waals surface area contributed by atoms with Crippen molar-refractivity contribution in [2.75, 3.05) is 6.54 Å². The highest BCUT2D eigenvalue weighted by atomic mass is 16.4. The predicted octanol–water partition coefficient (Wildman–Crippen LogP) is -0.314. The number of nitrogens with one attached hydrogen (secondary N) is 2. The van der Waals surface area contributed by atoms with E-state index in [0.717, 1.165) is 0 Å². The van der Waals surface area contributed by atoms with Crippen molar-refractivity contribution < 1.29 is 24.6 Å². The molecule has 2 rings (SSSR count). The van der Waals surface area contributed by atoms with Gasteiger partial charge in [-0.15, -0.1) is 0 Å². The van der Waals surface area contributed by atoms with Crippen molar-refractivity contribution in [2.45, 2.75) is 18.0 Å². The van der Waals surface area contributed by atoms with Crippen LogP contribution >= 0.6 is 0 Å². The topological polar surface area (TPSA) is 116 Å². The van der Waals surface area contributed by atoms with Crippen molar-refractivity contribution in [1.82, 2.24) is 10.6 Å². The zero-order valence-electron chi connectivity index (χ0n) is 10.5. The van der Waals surface area contributed by atoms with E-state index in [4.69, 9.17) is 5.11 Å². The van der Waals surface area contributed by atoms with Crippen LogP contribution in [0.5, 0.6) is 0 Å². The van der Waals surface area contributed by atoms with E-state index in [0.29, 0.717) is 5.56 Å². The van der Waals surface area contributed by atoms with Gasteiger partial charge in [0.1, 0.15) is 6.04 Å². The van der Waals surface area contributed by atoms with E-state index in [1.807, 2.05) is 0 Å². The third-order valence-electron chi connectivity index (χ3n) is 3.30. The standard InChI is InChI=1S/C13H14N2O5/c16-10(8-4-2-1-3-5-8)15-13(12(19)20)6-9(11(17)18)14-7-13/h1-5,9,14H,6-7H2,(H,15,16)(H,17,18)(H,19,20)/t9-,13-/m1/s1. The molecule has 1 fully saturated rings. The fourth-order valence-electron chi connectivity index (χ4n) is 2.16. The Morgan fingerprint density at radius 3 is 2.35 bits per heavy atom. The number of amides is 1. The number of rotatable bonds is 4. The molecule has 0 aromatic heterocycles. The largest absolute Gasteiger partial charge is 0.480 e. The maximum absolute atomic E-state index is 12.0. The summed E-state index contributed by atoms with van der Waals surface area (Å²) in [4.78, 5) is 34.3. The van der Waals surface area contributed by atoms with Crippen LogP contribution in [0, 0.1) is 0 Å². The van der Waals surface area contributed by atoms with Gasteiger partial charge in [0.2, 0.25) is 0 Å². The summed E-state index contributed by atoms with van der Waals surface area (Å²) >= 11 is 0. The molecule has 7 nitrogen and oxygen atoms in total. The number of hydrogen-bond donors (Lipinski definition) is 4. The van der Waals surface area contributed by atoms with Gasteiger partial charge in [-0.3, -0.25) is 9.59 Å². The molecule has 2 atom stereocenters. The molecule has 0 radical (unpaired) electrons. The van der Waals surface area contributed by atoms with Crippen molar-refractivity contribution in [3.05, 3.63) is 35.9 Å². The van der Waals surface area contributed by atoms with Gasteiger partial charge < -0.3 is 20.8 Å². The predicted molar refractivity (Wildman–Crippen MR) is 68.3 cm³/mol. The summed E-state index contributed by atoms with van der Waals surface area (Å²) in [5, 5.41) is 23.2. The number of benzene rings is 1. The first kappa shape index (κ1) is 14.0. The molecular weight excluding hydrogens is 264 g/mol. The number of aliphatic carboxylic acids is 2. The zero-order valence-corrected chi connectivity index (χ0v) is 10.5. The van der Waals surface area contributed by atoms with Crippen LogP contribution in [0.15, 0.2) is 30.3 Å². The summed E-state index contributed by atoms with van der Waals surface area (Å²) in [5.41, 5.74) is -1.28. The molecule has 1 aliphatic heterocycles. The molecule has 0 bridgehead atoms. The molecule has 4 N–H and O–H groups in total. The van der Waals surface area contributed by atoms with Crippen LogP contribution < -0.4 is 10.6 Å². The van der Waals surface area contributed by atoms with Crippen LogP contribution in [-0.2, 0) is 9.59 Å². The van der Waals surface area contributed by atoms with Crippen molar-refractivity contribution in [2.24, 2.45) is 0 Å². The van der Waals surface area contributed by atoms with Crippen LogP contribution in [0.2, 0.25) is 0 Å². The molecule has 0 unspecified atom stereocenters. The molecule has 0 spiro atoms. The third kappa shape index (κ3) is 2.62. The lowest BCUT2D eigenvalue weighted by molar-refractivity contribution is -0.144. The highest BCUT2D eigenvalue weighted by Crippen LogP contribution is 2.21. The summed E-state index contributed by atoms with van der Waals surface area (Å²) in [5.74, 6) is -2.93. The minimum atomic E-state index is -1.60. The third-order valence-corrected chi connectivity index (χ3v) is 3.30. The second-order valence-electron chi connectivity index (χ2n) is 4.68. The van der Waals surface area contributed by atoms with Gasteiger partial charge >= 0.3 is 11.9 Å². The first-order valence-electron chi connectivity index (χ1n) is 6.02. The van der Waals surface area contributed by atoms with E-state index in [1.165, 1.54) is 0 Å². The minimum absolute atomic E-state index is 0.127. The lowest BCUT2D eigenvalue weighted by Gasteiger charge is -2.24. The Labute approximate surface area is 114 Å². The highest BCUT2D eigenvalue weighted by Gasteiger charge is 2.48. The molecule has 1 aliphatic rings. The molecule has 0 aliphatic carbocycles. The van der Waals surface area contributed by atoms with Crippen molar-refractivity contribution in [3.8, 4) is 0 Å². The number of hydrogen-bond acceptors (Lipinski definition) is 4. The highest BCUT2D eigenvalue weighted by molar-refractivity contribution is 5.98. The average Bonchev–Trinajstić information content (AvgIpc) is 2.85. The number of carbonyl (C=O) groups excluding carboxylic acids is 1. The summed E-state index contributed by atoms with van der Waals surface area (Å²) in [6.07, 6.45) is -0.198. The molecule has 20 heavy (non-hydrogen) atoms. The Morgan fingerprint density at radius 2 is 1.85 bits per heavy atom. The van der Waals surface area contributed by atoms with Crippen molar-refractivity contribution >= 4 is 17.8 Å². The summed E-state index contributed by atoms with van der Waals surface area (Å²) in [6, 6.07) is 7.19. The molecule has 1 saturated heterocycles. The van der Waals surface area contributed by atoms with E-state index in [-0.39, 0.29) is 13.0 Å². The first-order valence-corrected chi connectivity index (χ1v) is 6.02. The van der Waals surface area contributed by atoms with Crippen LogP contribution in [0.3, 0.4) is 0 Å². The number of carbonyl (C=O) groups is 3. The summed E-state index contributed by atoms with van der Waals surface area (Å²) in [6.45, 7) is -0.127. The summed E-state index contributed by atoms with van der Waals surface area (Å²) in [7, 11) is 0. The van der Waals surface area contributed by atoms with Gasteiger partial charge in [0.05, 0.1) is 0 Å². The van der Waals surface area contributed by atoms with E-state index in [9.17, 15) is 19.5 Å². The van der Waals surface area contributed by atoms with Gasteiger partial charge in [0.25, 0.3) is 5.91 Å². The van der Waals surface area contributed by atoms with E-state index in [2.05, 4.69) is 10.6 Å². The first-order chi connectivity index (χ1) is 9.44. The van der Waals surface area contributed by atoms with E-state index in [1.54, 1.807) is 30.3 Å². The molecule has 1 heterocycles. The Kier molecular flexibility index (Phi) is 3.71. The van der Waals surface area contributed by atoms with E-state index < -0.39 is 29.4 Å². The maximum atomic E-state index is 12.0.